The van der Waals surface area contributed by atoms with E-state index in [9.17, 15) is 9.59 Å². The summed E-state index contributed by atoms with van der Waals surface area (Å²) in [6.07, 6.45) is 6.08. The van der Waals surface area contributed by atoms with Gasteiger partial charge in [0, 0.05) is 36.9 Å². The maximum absolute atomic E-state index is 13.2. The van der Waals surface area contributed by atoms with Crippen LogP contribution in [0.4, 0.5) is 5.69 Å². The Balaban J connectivity index is 1.24. The number of rotatable bonds is 3. The summed E-state index contributed by atoms with van der Waals surface area (Å²) in [6, 6.07) is 16.1. The number of hydrogen-bond donors (Lipinski definition) is 1. The van der Waals surface area contributed by atoms with E-state index in [4.69, 9.17) is 4.74 Å². The molecule has 0 spiro atoms. The third kappa shape index (κ3) is 4.54. The van der Waals surface area contributed by atoms with Crippen LogP contribution in [0.15, 0.2) is 54.3 Å². The lowest BCUT2D eigenvalue weighted by Gasteiger charge is -2.41. The summed E-state index contributed by atoms with van der Waals surface area (Å²) in [7, 11) is 0. The zero-order valence-corrected chi connectivity index (χ0v) is 20.0. The van der Waals surface area contributed by atoms with Crippen molar-refractivity contribution in [3.8, 4) is 0 Å². The number of morpholine rings is 1. The van der Waals surface area contributed by atoms with Crippen LogP contribution in [0.25, 0.3) is 6.08 Å². The molecule has 6 nitrogen and oxygen atoms in total. The van der Waals surface area contributed by atoms with Gasteiger partial charge in [-0.3, -0.25) is 9.59 Å². The number of ether oxygens (including phenoxy) is 1. The van der Waals surface area contributed by atoms with E-state index >= 15 is 0 Å². The van der Waals surface area contributed by atoms with Crippen molar-refractivity contribution in [2.24, 2.45) is 0 Å². The lowest BCUT2D eigenvalue weighted by Crippen LogP contribution is -2.54. The Hall–Kier alpha value is -3.28. The van der Waals surface area contributed by atoms with Crippen molar-refractivity contribution in [1.29, 1.82) is 0 Å². The van der Waals surface area contributed by atoms with Gasteiger partial charge in [0.15, 0.2) is 5.76 Å². The number of amides is 2. The van der Waals surface area contributed by atoms with Crippen LogP contribution >= 0.6 is 0 Å². The minimum atomic E-state index is -0.149. The average molecular weight is 460 g/mol. The topological polar surface area (TPSA) is 61.9 Å². The van der Waals surface area contributed by atoms with Crippen molar-refractivity contribution in [2.75, 3.05) is 24.5 Å². The number of nitrogens with zero attached hydrogens (tertiary/aromatic N) is 2. The smallest absolute Gasteiger partial charge is 0.286 e. The summed E-state index contributed by atoms with van der Waals surface area (Å²) in [6.45, 7) is 6.56. The standard InChI is InChI=1S/C28H33N3O3/c1-19-7-3-5-9-24(19)30-15-16-31(20(2)18-30)28(33)22-13-11-21(12-14-22)17-26-27(32)29-23-8-4-6-10-25(23)34-26/h3,5,7,9,11-14,17,20,23,25H,4,6,8,10,15-16,18H2,1-2H3,(H,29,32)/b26-17-. The minimum Gasteiger partial charge on any atom is -0.483 e. The number of carbonyl (C=O) groups is 2. The molecule has 2 aromatic carbocycles. The van der Waals surface area contributed by atoms with E-state index in [1.165, 1.54) is 11.3 Å². The number of fused-ring (bicyclic) bond motifs is 1. The maximum Gasteiger partial charge on any atom is 0.286 e. The van der Waals surface area contributed by atoms with Gasteiger partial charge in [-0.2, -0.15) is 0 Å². The lowest BCUT2D eigenvalue weighted by atomic mass is 9.91. The minimum absolute atomic E-state index is 0.0489. The van der Waals surface area contributed by atoms with E-state index in [0.29, 0.717) is 17.9 Å². The molecule has 2 amide bonds. The molecule has 3 aliphatic rings. The molecule has 1 aliphatic carbocycles. The van der Waals surface area contributed by atoms with Crippen LogP contribution in [0.5, 0.6) is 0 Å². The first-order chi connectivity index (χ1) is 16.5. The van der Waals surface area contributed by atoms with Gasteiger partial charge >= 0.3 is 0 Å². The van der Waals surface area contributed by atoms with Gasteiger partial charge in [-0.05, 0) is 68.5 Å². The number of hydrogen-bond acceptors (Lipinski definition) is 4. The Labute approximate surface area is 201 Å². The van der Waals surface area contributed by atoms with E-state index in [1.807, 2.05) is 29.2 Å². The number of carbonyl (C=O) groups excluding carboxylic acids is 2. The summed E-state index contributed by atoms with van der Waals surface area (Å²) >= 11 is 0. The Kier molecular flexibility index (Phi) is 6.31. The number of aryl methyl sites for hydroxylation is 1. The van der Waals surface area contributed by atoms with Crippen molar-refractivity contribution in [3.05, 3.63) is 71.0 Å². The van der Waals surface area contributed by atoms with Crippen LogP contribution in [0.3, 0.4) is 0 Å². The SMILES string of the molecule is Cc1ccccc1N1CCN(C(=O)c2ccc(/C=C3\OC4CCCCC4NC3=O)cc2)C(C)C1. The van der Waals surface area contributed by atoms with Crippen molar-refractivity contribution >= 4 is 23.6 Å². The van der Waals surface area contributed by atoms with Gasteiger partial charge in [0.05, 0.1) is 6.04 Å². The normalized spacial score (nSPS) is 26.0. The molecular formula is C28H33N3O3. The first-order valence-electron chi connectivity index (χ1n) is 12.4. The molecule has 2 saturated heterocycles. The summed E-state index contributed by atoms with van der Waals surface area (Å²) < 4.78 is 6.02. The highest BCUT2D eigenvalue weighted by Gasteiger charge is 2.35. The van der Waals surface area contributed by atoms with Crippen LogP contribution < -0.4 is 10.2 Å². The van der Waals surface area contributed by atoms with Crippen LogP contribution in [-0.4, -0.2) is 54.5 Å². The molecule has 5 rings (SSSR count). The molecule has 178 valence electrons. The molecule has 0 bridgehead atoms. The second kappa shape index (κ2) is 9.53. The quantitative estimate of drug-likeness (QED) is 0.701. The Morgan fingerprint density at radius 2 is 1.82 bits per heavy atom. The third-order valence-electron chi connectivity index (χ3n) is 7.32. The number of piperazine rings is 1. The van der Waals surface area contributed by atoms with Crippen LogP contribution in [0.2, 0.25) is 0 Å². The zero-order valence-electron chi connectivity index (χ0n) is 20.0. The first kappa shape index (κ1) is 22.5. The first-order valence-corrected chi connectivity index (χ1v) is 12.4. The fraction of sp³-hybridized carbons (Fsp3) is 0.429. The summed E-state index contributed by atoms with van der Waals surface area (Å²) in [5.41, 5.74) is 4.02. The largest absolute Gasteiger partial charge is 0.483 e. The summed E-state index contributed by atoms with van der Waals surface area (Å²) in [5, 5.41) is 3.09. The van der Waals surface area contributed by atoms with E-state index in [0.717, 1.165) is 44.3 Å². The molecule has 6 heteroatoms. The zero-order chi connectivity index (χ0) is 23.7. The molecule has 34 heavy (non-hydrogen) atoms. The van der Waals surface area contributed by atoms with Crippen LogP contribution in [-0.2, 0) is 9.53 Å². The lowest BCUT2D eigenvalue weighted by molar-refractivity contribution is -0.129. The van der Waals surface area contributed by atoms with Crippen molar-refractivity contribution < 1.29 is 14.3 Å². The molecule has 2 aromatic rings. The molecule has 3 fully saturated rings. The Morgan fingerprint density at radius 3 is 2.59 bits per heavy atom. The molecule has 3 unspecified atom stereocenters. The fourth-order valence-corrected chi connectivity index (χ4v) is 5.39. The molecule has 2 aliphatic heterocycles. The van der Waals surface area contributed by atoms with Gasteiger partial charge in [0.2, 0.25) is 0 Å². The van der Waals surface area contributed by atoms with Crippen LogP contribution in [0.1, 0.15) is 54.1 Å². The van der Waals surface area contributed by atoms with Gasteiger partial charge in [0.1, 0.15) is 6.10 Å². The molecule has 0 radical (unpaired) electrons. The number of nitrogens with one attached hydrogen (secondary N) is 1. The van der Waals surface area contributed by atoms with Gasteiger partial charge in [-0.1, -0.05) is 36.8 Å². The van der Waals surface area contributed by atoms with E-state index < -0.39 is 0 Å². The third-order valence-corrected chi connectivity index (χ3v) is 7.32. The van der Waals surface area contributed by atoms with Gasteiger partial charge in [0.25, 0.3) is 11.8 Å². The van der Waals surface area contributed by atoms with E-state index in [1.54, 1.807) is 6.08 Å². The number of benzene rings is 2. The molecule has 1 N–H and O–H groups in total. The van der Waals surface area contributed by atoms with Gasteiger partial charge in [-0.15, -0.1) is 0 Å². The highest BCUT2D eigenvalue weighted by Crippen LogP contribution is 2.28. The predicted molar refractivity (Wildman–Crippen MR) is 134 cm³/mol. The van der Waals surface area contributed by atoms with Gasteiger partial charge < -0.3 is 19.9 Å². The number of anilines is 1. The van der Waals surface area contributed by atoms with Crippen molar-refractivity contribution in [1.82, 2.24) is 10.2 Å². The van der Waals surface area contributed by atoms with E-state index in [-0.39, 0.29) is 30.0 Å². The molecular weight excluding hydrogens is 426 g/mol. The summed E-state index contributed by atoms with van der Waals surface area (Å²) in [5.74, 6) is 0.264. The highest BCUT2D eigenvalue weighted by atomic mass is 16.5. The summed E-state index contributed by atoms with van der Waals surface area (Å²) in [4.78, 5) is 30.0. The monoisotopic (exact) mass is 459 g/mol. The predicted octanol–water partition coefficient (Wildman–Crippen LogP) is 4.14. The number of para-hydroxylation sites is 1. The maximum atomic E-state index is 13.2. The van der Waals surface area contributed by atoms with Crippen LogP contribution in [0, 0.1) is 6.92 Å². The fourth-order valence-electron chi connectivity index (χ4n) is 5.39. The van der Waals surface area contributed by atoms with Crippen molar-refractivity contribution in [3.63, 3.8) is 0 Å². The second-order valence-electron chi connectivity index (χ2n) is 9.73. The average Bonchev–Trinajstić information content (AvgIpc) is 2.85. The van der Waals surface area contributed by atoms with Crippen molar-refractivity contribution in [2.45, 2.75) is 57.7 Å². The second-order valence-corrected chi connectivity index (χ2v) is 9.73. The molecule has 1 saturated carbocycles. The Morgan fingerprint density at radius 1 is 1.06 bits per heavy atom. The molecule has 2 heterocycles. The van der Waals surface area contributed by atoms with E-state index in [2.05, 4.69) is 48.3 Å². The van der Waals surface area contributed by atoms with Gasteiger partial charge in [-0.25, -0.2) is 0 Å². The highest BCUT2D eigenvalue weighted by molar-refractivity contribution is 5.97. The molecule has 0 aromatic heterocycles. The Bertz CT molecular complexity index is 1090. The molecule has 3 atom stereocenters.